The van der Waals surface area contributed by atoms with Gasteiger partial charge in [0.25, 0.3) is 0 Å². The lowest BCUT2D eigenvalue weighted by Crippen LogP contribution is -2.48. The van der Waals surface area contributed by atoms with Crippen molar-refractivity contribution in [2.24, 2.45) is 0 Å². The summed E-state index contributed by atoms with van der Waals surface area (Å²) in [5.74, 6) is -1.65. The molecule has 1 N–H and O–H groups in total. The van der Waals surface area contributed by atoms with Gasteiger partial charge >= 0.3 is 0 Å². The molecule has 110 valence electrons. The van der Waals surface area contributed by atoms with Gasteiger partial charge in [-0.3, -0.25) is 4.79 Å². The number of hydrogen-bond acceptors (Lipinski definition) is 4. The molecule has 1 aromatic carbocycles. The minimum atomic E-state index is -1.27. The van der Waals surface area contributed by atoms with Crippen LogP contribution in [0.3, 0.4) is 0 Å². The van der Waals surface area contributed by atoms with Crippen molar-refractivity contribution in [3.8, 4) is 0 Å². The lowest BCUT2D eigenvalue weighted by molar-refractivity contribution is -0.308. The number of aliphatic carboxylic acids is 1. The van der Waals surface area contributed by atoms with Crippen LogP contribution in [0.1, 0.15) is 26.3 Å². The van der Waals surface area contributed by atoms with Gasteiger partial charge in [0.05, 0.1) is 12.0 Å². The first-order valence-electron chi connectivity index (χ1n) is 6.79. The number of rotatable bonds is 7. The standard InChI is InChI=1S/C15H22N2O3/c1-4-17(5-2)13-8-6-7-12(9-13)10-14(15(19)20)16-11(3)18/h6-9,14H,4-5,10H2,1-3H3,(H,16,18)(H,19,20)/p-1. The van der Waals surface area contributed by atoms with E-state index in [4.69, 9.17) is 0 Å². The van der Waals surface area contributed by atoms with Crippen molar-refractivity contribution in [3.05, 3.63) is 29.8 Å². The van der Waals surface area contributed by atoms with Gasteiger partial charge in [-0.05, 0) is 38.0 Å². The normalized spacial score (nSPS) is 11.8. The highest BCUT2D eigenvalue weighted by molar-refractivity contribution is 5.81. The number of carbonyl (C=O) groups is 2. The van der Waals surface area contributed by atoms with Gasteiger partial charge in [0.1, 0.15) is 0 Å². The zero-order valence-electron chi connectivity index (χ0n) is 12.2. The largest absolute Gasteiger partial charge is 0.548 e. The maximum Gasteiger partial charge on any atom is 0.217 e. The molecule has 0 spiro atoms. The van der Waals surface area contributed by atoms with Crippen molar-refractivity contribution in [2.45, 2.75) is 33.2 Å². The van der Waals surface area contributed by atoms with Gasteiger partial charge in [-0.1, -0.05) is 12.1 Å². The van der Waals surface area contributed by atoms with E-state index in [1.807, 2.05) is 24.3 Å². The fourth-order valence-electron chi connectivity index (χ4n) is 2.14. The van der Waals surface area contributed by atoms with E-state index < -0.39 is 12.0 Å². The van der Waals surface area contributed by atoms with Crippen LogP contribution in [0, 0.1) is 0 Å². The first kappa shape index (κ1) is 16.0. The highest BCUT2D eigenvalue weighted by Gasteiger charge is 2.13. The van der Waals surface area contributed by atoms with E-state index in [1.165, 1.54) is 6.92 Å². The molecule has 1 unspecified atom stereocenters. The molecule has 0 aliphatic carbocycles. The van der Waals surface area contributed by atoms with Crippen molar-refractivity contribution in [2.75, 3.05) is 18.0 Å². The third-order valence-electron chi connectivity index (χ3n) is 3.14. The predicted molar refractivity (Wildman–Crippen MR) is 76.3 cm³/mol. The molecule has 1 amide bonds. The quantitative estimate of drug-likeness (QED) is 0.779. The minimum absolute atomic E-state index is 0.219. The summed E-state index contributed by atoms with van der Waals surface area (Å²) in [7, 11) is 0. The van der Waals surface area contributed by atoms with Crippen molar-refractivity contribution < 1.29 is 14.7 Å². The Bertz CT molecular complexity index is 470. The maximum absolute atomic E-state index is 11.0. The van der Waals surface area contributed by atoms with Gasteiger partial charge in [-0.15, -0.1) is 0 Å². The highest BCUT2D eigenvalue weighted by Crippen LogP contribution is 2.17. The van der Waals surface area contributed by atoms with Gasteiger partial charge in [0.2, 0.25) is 5.91 Å². The zero-order chi connectivity index (χ0) is 15.1. The van der Waals surface area contributed by atoms with E-state index in [2.05, 4.69) is 24.1 Å². The molecular formula is C15H21N2O3-. The van der Waals surface area contributed by atoms with E-state index in [-0.39, 0.29) is 12.3 Å². The SMILES string of the molecule is CCN(CC)c1cccc(CC(NC(C)=O)C(=O)[O-])c1. The van der Waals surface area contributed by atoms with Crippen molar-refractivity contribution >= 4 is 17.6 Å². The van der Waals surface area contributed by atoms with E-state index >= 15 is 0 Å². The second kappa shape index (κ2) is 7.53. The lowest BCUT2D eigenvalue weighted by Gasteiger charge is -2.23. The van der Waals surface area contributed by atoms with E-state index in [1.54, 1.807) is 0 Å². The molecule has 0 fully saturated rings. The Morgan fingerprint density at radius 1 is 1.30 bits per heavy atom. The van der Waals surface area contributed by atoms with Crippen LogP contribution in [0.4, 0.5) is 5.69 Å². The average Bonchev–Trinajstić information content (AvgIpc) is 2.39. The molecule has 0 heterocycles. The second-order valence-electron chi connectivity index (χ2n) is 4.62. The summed E-state index contributed by atoms with van der Waals surface area (Å²) in [5.41, 5.74) is 1.91. The van der Waals surface area contributed by atoms with Crippen LogP contribution in [-0.2, 0) is 16.0 Å². The summed E-state index contributed by atoms with van der Waals surface area (Å²) in [6, 6.07) is 6.68. The molecule has 0 aliphatic heterocycles. The fourth-order valence-corrected chi connectivity index (χ4v) is 2.14. The topological polar surface area (TPSA) is 72.5 Å². The monoisotopic (exact) mass is 277 g/mol. The molecule has 0 saturated heterocycles. The number of amides is 1. The molecule has 1 atom stereocenters. The summed E-state index contributed by atoms with van der Waals surface area (Å²) in [4.78, 5) is 24.2. The van der Waals surface area contributed by atoms with E-state index in [9.17, 15) is 14.7 Å². The first-order chi connectivity index (χ1) is 9.47. The Morgan fingerprint density at radius 2 is 1.95 bits per heavy atom. The molecule has 1 rings (SSSR count). The molecule has 0 bridgehead atoms. The number of benzene rings is 1. The van der Waals surface area contributed by atoms with Crippen molar-refractivity contribution in [3.63, 3.8) is 0 Å². The number of nitrogens with zero attached hydrogens (tertiary/aromatic N) is 1. The van der Waals surface area contributed by atoms with Gasteiger partial charge in [-0.25, -0.2) is 0 Å². The van der Waals surface area contributed by atoms with E-state index in [0.29, 0.717) is 0 Å². The van der Waals surface area contributed by atoms with Gasteiger partial charge < -0.3 is 20.1 Å². The summed E-state index contributed by atoms with van der Waals surface area (Å²) >= 11 is 0. The lowest BCUT2D eigenvalue weighted by atomic mass is 10.0. The second-order valence-corrected chi connectivity index (χ2v) is 4.62. The molecule has 20 heavy (non-hydrogen) atoms. The molecule has 0 aliphatic rings. The summed E-state index contributed by atoms with van der Waals surface area (Å²) < 4.78 is 0. The Kier molecular flexibility index (Phi) is 6.03. The molecule has 1 aromatic rings. The Labute approximate surface area is 119 Å². The molecule has 0 saturated carbocycles. The number of nitrogens with one attached hydrogen (secondary N) is 1. The third kappa shape index (κ3) is 4.57. The molecule has 0 radical (unpaired) electrons. The van der Waals surface area contributed by atoms with Crippen LogP contribution in [0.2, 0.25) is 0 Å². The molecular weight excluding hydrogens is 256 g/mol. The van der Waals surface area contributed by atoms with E-state index in [0.717, 1.165) is 24.3 Å². The smallest absolute Gasteiger partial charge is 0.217 e. The first-order valence-corrected chi connectivity index (χ1v) is 6.79. The van der Waals surface area contributed by atoms with Crippen molar-refractivity contribution in [1.29, 1.82) is 0 Å². The maximum atomic E-state index is 11.0. The summed E-state index contributed by atoms with van der Waals surface area (Å²) in [6.45, 7) is 7.20. The van der Waals surface area contributed by atoms with Gasteiger partial charge in [0, 0.05) is 25.7 Å². The number of anilines is 1. The number of carbonyl (C=O) groups excluding carboxylic acids is 2. The van der Waals surface area contributed by atoms with Crippen LogP contribution in [-0.4, -0.2) is 31.0 Å². The van der Waals surface area contributed by atoms with Crippen LogP contribution < -0.4 is 15.3 Å². The summed E-state index contributed by atoms with van der Waals surface area (Å²) in [5, 5.41) is 13.4. The van der Waals surface area contributed by atoms with Crippen LogP contribution in [0.25, 0.3) is 0 Å². The Hall–Kier alpha value is -2.04. The third-order valence-corrected chi connectivity index (χ3v) is 3.14. The minimum Gasteiger partial charge on any atom is -0.548 e. The molecule has 5 heteroatoms. The van der Waals surface area contributed by atoms with Crippen LogP contribution >= 0.6 is 0 Å². The van der Waals surface area contributed by atoms with Crippen molar-refractivity contribution in [1.82, 2.24) is 5.32 Å². The number of hydrogen-bond donors (Lipinski definition) is 1. The highest BCUT2D eigenvalue weighted by atomic mass is 16.4. The summed E-state index contributed by atoms with van der Waals surface area (Å²) in [6.07, 6.45) is 0.219. The Balaban J connectivity index is 2.88. The van der Waals surface area contributed by atoms with Crippen LogP contribution in [0.5, 0.6) is 0 Å². The zero-order valence-corrected chi connectivity index (χ0v) is 12.2. The molecule has 5 nitrogen and oxygen atoms in total. The van der Waals surface area contributed by atoms with Gasteiger partial charge in [-0.2, -0.15) is 0 Å². The number of carboxylic acid groups (broad SMARTS) is 1. The van der Waals surface area contributed by atoms with Crippen LogP contribution in [0.15, 0.2) is 24.3 Å². The average molecular weight is 277 g/mol. The predicted octanol–water partition coefficient (Wildman–Crippen LogP) is 0.330. The van der Waals surface area contributed by atoms with Gasteiger partial charge in [0.15, 0.2) is 0 Å². The number of carboxylic acids is 1. The Morgan fingerprint density at radius 3 is 2.45 bits per heavy atom. The molecule has 0 aromatic heterocycles. The fraction of sp³-hybridized carbons (Fsp3) is 0.467.